The highest BCUT2D eigenvalue weighted by atomic mass is 35.5. The van der Waals surface area contributed by atoms with E-state index in [1.54, 1.807) is 13.8 Å². The maximum atomic E-state index is 12.0. The highest BCUT2D eigenvalue weighted by molar-refractivity contribution is 6.37. The standard InChI is InChI=1S/C12H16Cl2N2O2/c1-4-15-12(2,3)11(18)16-7-5-8(13)10(17)9(14)6-7/h5-6,15,17H,4H2,1-3H3,(H,16,18). The molecule has 1 amide bonds. The quantitative estimate of drug-likeness (QED) is 0.747. The summed E-state index contributed by atoms with van der Waals surface area (Å²) in [6, 6.07) is 2.89. The van der Waals surface area contributed by atoms with Crippen LogP contribution in [0.4, 0.5) is 5.69 Å². The van der Waals surface area contributed by atoms with Crippen LogP contribution in [-0.2, 0) is 4.79 Å². The Morgan fingerprint density at radius 3 is 2.28 bits per heavy atom. The van der Waals surface area contributed by atoms with Gasteiger partial charge in [0, 0.05) is 5.69 Å². The number of carbonyl (C=O) groups is 1. The number of anilines is 1. The molecule has 0 unspecified atom stereocenters. The third kappa shape index (κ3) is 3.51. The number of benzene rings is 1. The topological polar surface area (TPSA) is 61.4 Å². The van der Waals surface area contributed by atoms with E-state index in [4.69, 9.17) is 23.2 Å². The maximum absolute atomic E-state index is 12.0. The molecule has 18 heavy (non-hydrogen) atoms. The number of halogens is 2. The first-order chi connectivity index (χ1) is 8.27. The lowest BCUT2D eigenvalue weighted by Gasteiger charge is -2.24. The van der Waals surface area contributed by atoms with E-state index in [2.05, 4.69) is 10.6 Å². The molecule has 0 saturated heterocycles. The second-order valence-corrected chi connectivity index (χ2v) is 5.21. The van der Waals surface area contributed by atoms with Crippen LogP contribution >= 0.6 is 23.2 Å². The Balaban J connectivity index is 2.89. The lowest BCUT2D eigenvalue weighted by atomic mass is 10.0. The summed E-state index contributed by atoms with van der Waals surface area (Å²) in [5, 5.41) is 15.4. The molecular formula is C12H16Cl2N2O2. The van der Waals surface area contributed by atoms with Gasteiger partial charge >= 0.3 is 0 Å². The highest BCUT2D eigenvalue weighted by Gasteiger charge is 2.26. The van der Waals surface area contributed by atoms with Crippen molar-refractivity contribution in [3.63, 3.8) is 0 Å². The fourth-order valence-corrected chi connectivity index (χ4v) is 1.93. The van der Waals surface area contributed by atoms with Crippen LogP contribution < -0.4 is 10.6 Å². The zero-order chi connectivity index (χ0) is 13.9. The summed E-state index contributed by atoms with van der Waals surface area (Å²) in [5.41, 5.74) is -0.259. The van der Waals surface area contributed by atoms with Gasteiger partial charge in [-0.25, -0.2) is 0 Å². The molecule has 1 aromatic rings. The van der Waals surface area contributed by atoms with E-state index in [1.807, 2.05) is 6.92 Å². The molecule has 0 aliphatic rings. The molecule has 0 radical (unpaired) electrons. The van der Waals surface area contributed by atoms with Crippen molar-refractivity contribution >= 4 is 34.8 Å². The van der Waals surface area contributed by atoms with Crippen molar-refractivity contribution in [3.05, 3.63) is 22.2 Å². The van der Waals surface area contributed by atoms with Gasteiger partial charge in [0.25, 0.3) is 0 Å². The van der Waals surface area contributed by atoms with Crippen LogP contribution in [0.2, 0.25) is 10.0 Å². The Morgan fingerprint density at radius 2 is 1.83 bits per heavy atom. The SMILES string of the molecule is CCNC(C)(C)C(=O)Nc1cc(Cl)c(O)c(Cl)c1. The Labute approximate surface area is 116 Å². The largest absolute Gasteiger partial charge is 0.505 e. The third-order valence-corrected chi connectivity index (χ3v) is 3.04. The fraction of sp³-hybridized carbons (Fsp3) is 0.417. The molecule has 0 fully saturated rings. The number of likely N-dealkylation sites (N-methyl/N-ethyl adjacent to an activating group) is 1. The first kappa shape index (κ1) is 15.1. The number of hydrogen-bond donors (Lipinski definition) is 3. The lowest BCUT2D eigenvalue weighted by molar-refractivity contribution is -0.121. The van der Waals surface area contributed by atoms with Gasteiger partial charge in [0.05, 0.1) is 15.6 Å². The smallest absolute Gasteiger partial charge is 0.244 e. The summed E-state index contributed by atoms with van der Waals surface area (Å²) < 4.78 is 0. The van der Waals surface area contributed by atoms with E-state index >= 15 is 0 Å². The molecule has 3 N–H and O–H groups in total. The minimum Gasteiger partial charge on any atom is -0.505 e. The number of phenolic OH excluding ortho intramolecular Hbond substituents is 1. The summed E-state index contributed by atoms with van der Waals surface area (Å²) in [6.45, 7) is 6.14. The fourth-order valence-electron chi connectivity index (χ4n) is 1.45. The summed E-state index contributed by atoms with van der Waals surface area (Å²) in [5.74, 6) is -0.399. The van der Waals surface area contributed by atoms with Gasteiger partial charge < -0.3 is 15.7 Å². The summed E-state index contributed by atoms with van der Waals surface area (Å²) in [6.07, 6.45) is 0. The van der Waals surface area contributed by atoms with Crippen LogP contribution in [0.5, 0.6) is 5.75 Å². The van der Waals surface area contributed by atoms with Crippen LogP contribution in [-0.4, -0.2) is 23.1 Å². The number of carbonyl (C=O) groups excluding carboxylic acids is 1. The number of hydrogen-bond acceptors (Lipinski definition) is 3. The van der Waals surface area contributed by atoms with Crippen molar-refractivity contribution in [2.24, 2.45) is 0 Å². The molecule has 0 spiro atoms. The van der Waals surface area contributed by atoms with Crippen LogP contribution in [0.1, 0.15) is 20.8 Å². The molecular weight excluding hydrogens is 275 g/mol. The average molecular weight is 291 g/mol. The Kier molecular flexibility index (Phi) is 4.85. The predicted molar refractivity (Wildman–Crippen MR) is 74.5 cm³/mol. The van der Waals surface area contributed by atoms with Gasteiger partial charge in [0.15, 0.2) is 5.75 Å². The van der Waals surface area contributed by atoms with Gasteiger partial charge in [-0.2, -0.15) is 0 Å². The Hall–Kier alpha value is -0.970. The molecule has 4 nitrogen and oxygen atoms in total. The molecule has 0 aliphatic carbocycles. The van der Waals surface area contributed by atoms with Crippen molar-refractivity contribution < 1.29 is 9.90 Å². The Bertz CT molecular complexity index is 438. The Morgan fingerprint density at radius 1 is 1.33 bits per heavy atom. The summed E-state index contributed by atoms with van der Waals surface area (Å²) in [7, 11) is 0. The van der Waals surface area contributed by atoms with Gasteiger partial charge in [0.2, 0.25) is 5.91 Å². The highest BCUT2D eigenvalue weighted by Crippen LogP contribution is 2.34. The monoisotopic (exact) mass is 290 g/mol. The predicted octanol–water partition coefficient (Wildman–Crippen LogP) is 3.03. The van der Waals surface area contributed by atoms with Crippen molar-refractivity contribution in [3.8, 4) is 5.75 Å². The van der Waals surface area contributed by atoms with E-state index in [0.717, 1.165) is 0 Å². The maximum Gasteiger partial charge on any atom is 0.244 e. The zero-order valence-electron chi connectivity index (χ0n) is 10.5. The lowest BCUT2D eigenvalue weighted by Crippen LogP contribution is -2.49. The first-order valence-corrected chi connectivity index (χ1v) is 6.28. The minimum atomic E-state index is -0.703. The van der Waals surface area contributed by atoms with Crippen LogP contribution in [0, 0.1) is 0 Å². The van der Waals surface area contributed by atoms with Gasteiger partial charge in [-0.05, 0) is 32.5 Å². The van der Waals surface area contributed by atoms with Gasteiger partial charge in [-0.3, -0.25) is 4.79 Å². The van der Waals surface area contributed by atoms with Crippen LogP contribution in [0.25, 0.3) is 0 Å². The van der Waals surface area contributed by atoms with E-state index < -0.39 is 5.54 Å². The number of amides is 1. The third-order valence-electron chi connectivity index (χ3n) is 2.46. The number of aromatic hydroxyl groups is 1. The number of nitrogens with one attached hydrogen (secondary N) is 2. The molecule has 0 heterocycles. The first-order valence-electron chi connectivity index (χ1n) is 5.52. The van der Waals surface area contributed by atoms with Gasteiger partial charge in [-0.1, -0.05) is 30.1 Å². The summed E-state index contributed by atoms with van der Waals surface area (Å²) >= 11 is 11.6. The van der Waals surface area contributed by atoms with E-state index in [9.17, 15) is 9.90 Å². The molecule has 6 heteroatoms. The normalized spacial score (nSPS) is 11.4. The molecule has 100 valence electrons. The van der Waals surface area contributed by atoms with Gasteiger partial charge in [0.1, 0.15) is 0 Å². The van der Waals surface area contributed by atoms with Crippen LogP contribution in [0.3, 0.4) is 0 Å². The van der Waals surface area contributed by atoms with E-state index in [1.165, 1.54) is 12.1 Å². The molecule has 1 aromatic carbocycles. The molecule has 0 saturated carbocycles. The average Bonchev–Trinajstić information content (AvgIpc) is 2.25. The van der Waals surface area contributed by atoms with Crippen LogP contribution in [0.15, 0.2) is 12.1 Å². The molecule has 1 rings (SSSR count). The minimum absolute atomic E-state index is 0.0963. The van der Waals surface area contributed by atoms with Crippen molar-refractivity contribution in [1.82, 2.24) is 5.32 Å². The van der Waals surface area contributed by atoms with E-state index in [-0.39, 0.29) is 21.7 Å². The second kappa shape index (κ2) is 5.78. The zero-order valence-corrected chi connectivity index (χ0v) is 12.0. The number of rotatable bonds is 4. The molecule has 0 aliphatic heterocycles. The van der Waals surface area contributed by atoms with E-state index in [0.29, 0.717) is 12.2 Å². The second-order valence-electron chi connectivity index (χ2n) is 4.40. The molecule has 0 atom stereocenters. The molecule has 0 aromatic heterocycles. The number of phenols is 1. The summed E-state index contributed by atoms with van der Waals surface area (Å²) in [4.78, 5) is 12.0. The van der Waals surface area contributed by atoms with Crippen molar-refractivity contribution in [1.29, 1.82) is 0 Å². The molecule has 0 bridgehead atoms. The van der Waals surface area contributed by atoms with Crippen molar-refractivity contribution in [2.45, 2.75) is 26.3 Å². The van der Waals surface area contributed by atoms with Gasteiger partial charge in [-0.15, -0.1) is 0 Å². The van der Waals surface area contributed by atoms with Crippen molar-refractivity contribution in [2.75, 3.05) is 11.9 Å².